The molecule has 0 aliphatic carbocycles. The van der Waals surface area contributed by atoms with Crippen molar-refractivity contribution in [3.63, 3.8) is 0 Å². The summed E-state index contributed by atoms with van der Waals surface area (Å²) >= 11 is 1.68. The van der Waals surface area contributed by atoms with Crippen LogP contribution in [0.15, 0.2) is 41.3 Å². The van der Waals surface area contributed by atoms with Gasteiger partial charge < -0.3 is 14.6 Å². The second-order valence-corrected chi connectivity index (χ2v) is 7.76. The molecule has 3 aromatic rings. The fraction of sp³-hybridized carbons (Fsp3) is 0.200. The van der Waals surface area contributed by atoms with Crippen LogP contribution in [0.25, 0.3) is 16.6 Å². The molecule has 1 N–H and O–H groups in total. The van der Waals surface area contributed by atoms with E-state index in [1.807, 2.05) is 0 Å². The van der Waals surface area contributed by atoms with Gasteiger partial charge in [0.25, 0.3) is 0 Å². The summed E-state index contributed by atoms with van der Waals surface area (Å²) in [5.41, 5.74) is -1.88. The topological polar surface area (TPSA) is 62.5 Å². The van der Waals surface area contributed by atoms with Gasteiger partial charge in [-0.1, -0.05) is 0 Å². The molecular weight excluding hydrogens is 405 g/mol. The molecule has 2 aromatic carbocycles. The molecule has 150 valence electrons. The van der Waals surface area contributed by atoms with Crippen molar-refractivity contribution in [2.45, 2.75) is 0 Å². The Hall–Kier alpha value is -2.94. The molecule has 0 spiro atoms. The van der Waals surface area contributed by atoms with Gasteiger partial charge in [0.1, 0.15) is 22.9 Å². The lowest BCUT2D eigenvalue weighted by Gasteiger charge is -2.29. The fourth-order valence-electron chi connectivity index (χ4n) is 3.44. The van der Waals surface area contributed by atoms with Crippen LogP contribution >= 0.6 is 11.8 Å². The van der Waals surface area contributed by atoms with Crippen molar-refractivity contribution in [2.75, 3.05) is 29.5 Å². The summed E-state index contributed by atoms with van der Waals surface area (Å²) in [4.78, 5) is 25.7. The van der Waals surface area contributed by atoms with E-state index >= 15 is 4.39 Å². The van der Waals surface area contributed by atoms with Gasteiger partial charge in [-0.3, -0.25) is 4.79 Å². The first-order valence-corrected chi connectivity index (χ1v) is 9.93. The largest absolute Gasteiger partial charge is 0.477 e. The van der Waals surface area contributed by atoms with Crippen molar-refractivity contribution in [1.29, 1.82) is 0 Å². The first kappa shape index (κ1) is 19.4. The zero-order valence-electron chi connectivity index (χ0n) is 15.0. The maximum atomic E-state index is 15.6. The SMILES string of the molecule is O=C(O)c1cn(-c2ccc(F)cc2)c2c(F)c(N3CCSCC3)c(F)cc2c1=O. The van der Waals surface area contributed by atoms with Crippen molar-refractivity contribution in [3.05, 3.63) is 69.8 Å². The summed E-state index contributed by atoms with van der Waals surface area (Å²) < 4.78 is 44.9. The van der Waals surface area contributed by atoms with Crippen LogP contribution in [0.1, 0.15) is 10.4 Å². The number of pyridine rings is 1. The number of aromatic nitrogens is 1. The Bertz CT molecular complexity index is 1170. The highest BCUT2D eigenvalue weighted by Crippen LogP contribution is 2.32. The molecule has 0 atom stereocenters. The smallest absolute Gasteiger partial charge is 0.341 e. The Kier molecular flexibility index (Phi) is 4.99. The highest BCUT2D eigenvalue weighted by Gasteiger charge is 2.26. The second-order valence-electron chi connectivity index (χ2n) is 6.54. The highest BCUT2D eigenvalue weighted by atomic mass is 32.2. The minimum absolute atomic E-state index is 0.240. The highest BCUT2D eigenvalue weighted by molar-refractivity contribution is 7.99. The summed E-state index contributed by atoms with van der Waals surface area (Å²) in [6.45, 7) is 0.885. The molecule has 0 bridgehead atoms. The Morgan fingerprint density at radius 1 is 1.07 bits per heavy atom. The predicted molar refractivity (Wildman–Crippen MR) is 106 cm³/mol. The summed E-state index contributed by atoms with van der Waals surface area (Å²) in [5, 5.41) is 8.98. The van der Waals surface area contributed by atoms with Crippen molar-refractivity contribution in [1.82, 2.24) is 4.57 Å². The molecule has 1 aliphatic heterocycles. The van der Waals surface area contributed by atoms with E-state index in [2.05, 4.69) is 0 Å². The molecule has 1 aromatic heterocycles. The van der Waals surface area contributed by atoms with Gasteiger partial charge in [0.2, 0.25) is 5.43 Å². The summed E-state index contributed by atoms with van der Waals surface area (Å²) in [7, 11) is 0. The molecule has 29 heavy (non-hydrogen) atoms. The number of fused-ring (bicyclic) bond motifs is 1. The van der Waals surface area contributed by atoms with Crippen molar-refractivity contribution >= 4 is 34.3 Å². The summed E-state index contributed by atoms with van der Waals surface area (Å²) in [5.74, 6) is -2.52. The number of halogens is 3. The van der Waals surface area contributed by atoms with Gasteiger partial charge in [0.05, 0.1) is 10.9 Å². The number of benzene rings is 2. The number of hydrogen-bond acceptors (Lipinski definition) is 4. The van der Waals surface area contributed by atoms with Crippen LogP contribution in [0.4, 0.5) is 18.9 Å². The van der Waals surface area contributed by atoms with Crippen LogP contribution < -0.4 is 10.3 Å². The molecule has 1 fully saturated rings. The van der Waals surface area contributed by atoms with Gasteiger partial charge in [-0.05, 0) is 30.3 Å². The van der Waals surface area contributed by atoms with E-state index in [9.17, 15) is 23.5 Å². The third-order valence-electron chi connectivity index (χ3n) is 4.82. The Morgan fingerprint density at radius 3 is 2.34 bits per heavy atom. The lowest BCUT2D eigenvalue weighted by Crippen LogP contribution is -2.34. The Labute approximate surface area is 167 Å². The van der Waals surface area contributed by atoms with Gasteiger partial charge in [-0.25, -0.2) is 18.0 Å². The number of carboxylic acids is 1. The first-order valence-electron chi connectivity index (χ1n) is 8.78. The molecule has 2 heterocycles. The van der Waals surface area contributed by atoms with Crippen molar-refractivity contribution in [3.8, 4) is 5.69 Å². The average molecular weight is 420 g/mol. The number of thioether (sulfide) groups is 1. The van der Waals surface area contributed by atoms with Crippen LogP contribution in [0, 0.1) is 17.5 Å². The monoisotopic (exact) mass is 420 g/mol. The second kappa shape index (κ2) is 7.47. The first-order chi connectivity index (χ1) is 13.9. The lowest BCUT2D eigenvalue weighted by atomic mass is 10.1. The molecule has 0 saturated carbocycles. The molecule has 0 unspecified atom stereocenters. The van der Waals surface area contributed by atoms with E-state index in [1.165, 1.54) is 12.1 Å². The number of carboxylic acid groups (broad SMARTS) is 1. The Morgan fingerprint density at radius 2 is 1.72 bits per heavy atom. The van der Waals surface area contributed by atoms with E-state index in [0.29, 0.717) is 24.6 Å². The lowest BCUT2D eigenvalue weighted by molar-refractivity contribution is 0.0695. The van der Waals surface area contributed by atoms with Crippen LogP contribution in [-0.2, 0) is 0 Å². The van der Waals surface area contributed by atoms with E-state index in [4.69, 9.17) is 0 Å². The van der Waals surface area contributed by atoms with Gasteiger partial charge in [0.15, 0.2) is 5.82 Å². The molecule has 4 rings (SSSR count). The minimum Gasteiger partial charge on any atom is -0.477 e. The third-order valence-corrected chi connectivity index (χ3v) is 5.76. The number of nitrogens with zero attached hydrogens (tertiary/aromatic N) is 2. The number of carbonyl (C=O) groups is 1. The van der Waals surface area contributed by atoms with Gasteiger partial charge >= 0.3 is 5.97 Å². The van der Waals surface area contributed by atoms with E-state index in [0.717, 1.165) is 29.0 Å². The zero-order chi connectivity index (χ0) is 20.7. The number of rotatable bonds is 3. The predicted octanol–water partition coefficient (Wildman–Crippen LogP) is 3.66. The van der Waals surface area contributed by atoms with Crippen LogP contribution in [0.5, 0.6) is 0 Å². The van der Waals surface area contributed by atoms with Gasteiger partial charge in [-0.15, -0.1) is 0 Å². The molecule has 0 amide bonds. The number of anilines is 1. The normalized spacial score (nSPS) is 14.4. The van der Waals surface area contributed by atoms with Crippen LogP contribution in [0.3, 0.4) is 0 Å². The standard InChI is InChI=1S/C20H15F3N2O3S/c21-11-1-3-12(4-2-11)25-10-14(20(27)28)19(26)13-9-15(22)18(16(23)17(13)25)24-5-7-29-8-6-24/h1-4,9-10H,5-8H2,(H,27,28). The molecule has 5 nitrogen and oxygen atoms in total. The summed E-state index contributed by atoms with van der Waals surface area (Å²) in [6.07, 6.45) is 0.983. The number of aromatic carboxylic acids is 1. The molecule has 0 radical (unpaired) electrons. The molecule has 9 heteroatoms. The molecule has 1 aliphatic rings. The minimum atomic E-state index is -1.52. The average Bonchev–Trinajstić information content (AvgIpc) is 2.70. The van der Waals surface area contributed by atoms with Crippen molar-refractivity contribution < 1.29 is 23.1 Å². The molecular formula is C20H15F3N2O3S. The van der Waals surface area contributed by atoms with Gasteiger partial charge in [-0.2, -0.15) is 11.8 Å². The van der Waals surface area contributed by atoms with E-state index in [1.54, 1.807) is 16.7 Å². The van der Waals surface area contributed by atoms with E-state index in [-0.39, 0.29) is 22.3 Å². The quantitative estimate of drug-likeness (QED) is 0.701. The van der Waals surface area contributed by atoms with Gasteiger partial charge in [0, 0.05) is 36.5 Å². The molecule has 1 saturated heterocycles. The third kappa shape index (κ3) is 3.35. The fourth-order valence-corrected chi connectivity index (χ4v) is 4.34. The van der Waals surface area contributed by atoms with Crippen LogP contribution in [-0.4, -0.2) is 40.2 Å². The van der Waals surface area contributed by atoms with Crippen LogP contribution in [0.2, 0.25) is 0 Å². The zero-order valence-corrected chi connectivity index (χ0v) is 15.8. The van der Waals surface area contributed by atoms with Crippen molar-refractivity contribution in [2.24, 2.45) is 0 Å². The maximum absolute atomic E-state index is 15.6. The maximum Gasteiger partial charge on any atom is 0.341 e. The Balaban J connectivity index is 2.08. The number of hydrogen-bond donors (Lipinski definition) is 1. The van der Waals surface area contributed by atoms with E-state index < -0.39 is 34.4 Å². The summed E-state index contributed by atoms with van der Waals surface area (Å²) in [6, 6.07) is 5.79.